The second kappa shape index (κ2) is 4.96. The van der Waals surface area contributed by atoms with Crippen LogP contribution in [0.3, 0.4) is 0 Å². The number of carbonyl (C=O) groups excluding carboxylic acids is 3. The maximum Gasteiger partial charge on any atom is 0.302 e. The lowest BCUT2D eigenvalue weighted by atomic mass is 9.95. The zero-order valence-corrected chi connectivity index (χ0v) is 12.2. The van der Waals surface area contributed by atoms with Crippen molar-refractivity contribution in [2.45, 2.75) is 13.3 Å². The highest BCUT2D eigenvalue weighted by molar-refractivity contribution is 7.17. The van der Waals surface area contributed by atoms with E-state index in [9.17, 15) is 14.4 Å². The second-order valence-electron chi connectivity index (χ2n) is 4.37. The molecule has 0 atom stereocenters. The molecular formula is C14H10O4S2. The van der Waals surface area contributed by atoms with Gasteiger partial charge in [0.2, 0.25) is 5.78 Å². The summed E-state index contributed by atoms with van der Waals surface area (Å²) in [6, 6.07) is 3.43. The van der Waals surface area contributed by atoms with Crippen molar-refractivity contribution >= 4 is 40.2 Å². The third-order valence-electron chi connectivity index (χ3n) is 3.00. The molecule has 0 bridgehead atoms. The number of ketones is 2. The van der Waals surface area contributed by atoms with Gasteiger partial charge in [0, 0.05) is 29.3 Å². The minimum Gasteiger partial charge on any atom is -0.465 e. The molecule has 6 heteroatoms. The van der Waals surface area contributed by atoms with Gasteiger partial charge in [-0.2, -0.15) is 0 Å². The molecule has 0 radical (unpaired) electrons. The van der Waals surface area contributed by atoms with Crippen LogP contribution in [-0.4, -0.2) is 24.1 Å². The Morgan fingerprint density at radius 2 is 2.00 bits per heavy atom. The summed E-state index contributed by atoms with van der Waals surface area (Å²) < 4.78 is 4.88. The van der Waals surface area contributed by atoms with Crippen molar-refractivity contribution in [3.8, 4) is 0 Å². The highest BCUT2D eigenvalue weighted by Gasteiger charge is 2.32. The highest BCUT2D eigenvalue weighted by atomic mass is 32.1. The zero-order chi connectivity index (χ0) is 14.3. The van der Waals surface area contributed by atoms with E-state index in [4.69, 9.17) is 4.74 Å². The van der Waals surface area contributed by atoms with Gasteiger partial charge in [-0.3, -0.25) is 14.4 Å². The van der Waals surface area contributed by atoms with E-state index in [2.05, 4.69) is 0 Å². The van der Waals surface area contributed by atoms with E-state index in [1.54, 1.807) is 17.5 Å². The van der Waals surface area contributed by atoms with Crippen LogP contribution in [0.4, 0.5) is 0 Å². The fourth-order valence-corrected chi connectivity index (χ4v) is 4.09. The average molecular weight is 306 g/mol. The first kappa shape index (κ1) is 13.2. The number of fused-ring (bicyclic) bond motifs is 2. The van der Waals surface area contributed by atoms with E-state index in [1.807, 2.05) is 0 Å². The summed E-state index contributed by atoms with van der Waals surface area (Å²) in [5, 5.41) is 1.76. The summed E-state index contributed by atoms with van der Waals surface area (Å²) in [4.78, 5) is 37.2. The normalized spacial score (nSPS) is 13.1. The monoisotopic (exact) mass is 306 g/mol. The lowest BCUT2D eigenvalue weighted by Gasteiger charge is -2.08. The van der Waals surface area contributed by atoms with Gasteiger partial charge in [0.1, 0.15) is 0 Å². The predicted molar refractivity (Wildman–Crippen MR) is 75.8 cm³/mol. The molecular weight excluding hydrogens is 296 g/mol. The standard InChI is InChI=1S/C14H10O4S2/c1-7(15)18-4-2-8-6-10-11(16)9-3-5-19-13(9)12(17)14(10)20-8/h3,5-6H,2,4H2,1H3. The Bertz CT molecular complexity index is 675. The smallest absolute Gasteiger partial charge is 0.302 e. The molecule has 0 fully saturated rings. The lowest BCUT2D eigenvalue weighted by molar-refractivity contribution is -0.140. The Labute approximate surface area is 123 Å². The van der Waals surface area contributed by atoms with Gasteiger partial charge in [-0.05, 0) is 17.5 Å². The molecule has 2 heterocycles. The number of rotatable bonds is 3. The van der Waals surface area contributed by atoms with Gasteiger partial charge in [-0.1, -0.05) is 0 Å². The summed E-state index contributed by atoms with van der Waals surface area (Å²) in [5.41, 5.74) is 0.973. The molecule has 1 aliphatic carbocycles. The number of esters is 1. The zero-order valence-electron chi connectivity index (χ0n) is 10.6. The number of hydrogen-bond donors (Lipinski definition) is 0. The van der Waals surface area contributed by atoms with Gasteiger partial charge in [0.25, 0.3) is 0 Å². The first-order valence-corrected chi connectivity index (χ1v) is 7.70. The minimum absolute atomic E-state index is 0.0756. The van der Waals surface area contributed by atoms with Gasteiger partial charge in [-0.15, -0.1) is 22.7 Å². The quantitative estimate of drug-likeness (QED) is 0.698. The molecule has 0 N–H and O–H groups in total. The van der Waals surface area contributed by atoms with Crippen LogP contribution in [0, 0.1) is 0 Å². The van der Waals surface area contributed by atoms with Crippen molar-refractivity contribution in [2.24, 2.45) is 0 Å². The largest absolute Gasteiger partial charge is 0.465 e. The number of thiophene rings is 2. The van der Waals surface area contributed by atoms with E-state index >= 15 is 0 Å². The van der Waals surface area contributed by atoms with Crippen molar-refractivity contribution in [1.82, 2.24) is 0 Å². The molecule has 0 spiro atoms. The molecule has 1 aliphatic rings. The molecule has 4 nitrogen and oxygen atoms in total. The minimum atomic E-state index is -0.333. The van der Waals surface area contributed by atoms with Crippen LogP contribution < -0.4 is 0 Å². The van der Waals surface area contributed by atoms with Crippen molar-refractivity contribution in [3.05, 3.63) is 43.3 Å². The van der Waals surface area contributed by atoms with E-state index in [0.717, 1.165) is 4.88 Å². The first-order valence-electron chi connectivity index (χ1n) is 6.01. The van der Waals surface area contributed by atoms with E-state index in [-0.39, 0.29) is 24.1 Å². The van der Waals surface area contributed by atoms with Gasteiger partial charge < -0.3 is 4.74 Å². The van der Waals surface area contributed by atoms with Crippen LogP contribution in [0.2, 0.25) is 0 Å². The molecule has 2 aromatic heterocycles. The predicted octanol–water partition coefficient (Wildman–Crippen LogP) is 2.69. The highest BCUT2D eigenvalue weighted by Crippen LogP contribution is 2.35. The van der Waals surface area contributed by atoms with E-state index in [0.29, 0.717) is 27.3 Å². The molecule has 3 rings (SSSR count). The maximum atomic E-state index is 12.3. The fourth-order valence-electron chi connectivity index (χ4n) is 2.11. The summed E-state index contributed by atoms with van der Waals surface area (Å²) in [6.07, 6.45) is 0.519. The van der Waals surface area contributed by atoms with Crippen LogP contribution in [-0.2, 0) is 16.0 Å². The third-order valence-corrected chi connectivity index (χ3v) is 5.11. The average Bonchev–Trinajstić information content (AvgIpc) is 3.02. The van der Waals surface area contributed by atoms with Crippen LogP contribution in [0.15, 0.2) is 17.5 Å². The third kappa shape index (κ3) is 2.10. The molecule has 0 saturated heterocycles. The Morgan fingerprint density at radius 3 is 2.75 bits per heavy atom. The molecule has 0 unspecified atom stereocenters. The molecule has 0 aliphatic heterocycles. The molecule has 0 amide bonds. The van der Waals surface area contributed by atoms with Crippen LogP contribution in [0.25, 0.3) is 0 Å². The number of hydrogen-bond acceptors (Lipinski definition) is 6. The van der Waals surface area contributed by atoms with Crippen molar-refractivity contribution in [1.29, 1.82) is 0 Å². The van der Waals surface area contributed by atoms with E-state index in [1.165, 1.54) is 29.6 Å². The van der Waals surface area contributed by atoms with Crippen molar-refractivity contribution < 1.29 is 19.1 Å². The van der Waals surface area contributed by atoms with Crippen molar-refractivity contribution in [2.75, 3.05) is 6.61 Å². The Morgan fingerprint density at radius 1 is 1.20 bits per heavy atom. The van der Waals surface area contributed by atoms with Crippen LogP contribution in [0.5, 0.6) is 0 Å². The lowest BCUT2D eigenvalue weighted by Crippen LogP contribution is -2.15. The van der Waals surface area contributed by atoms with Crippen molar-refractivity contribution in [3.63, 3.8) is 0 Å². The van der Waals surface area contributed by atoms with Crippen LogP contribution in [0.1, 0.15) is 42.3 Å². The Kier molecular flexibility index (Phi) is 3.27. The number of ether oxygens (including phenoxy) is 1. The maximum absolute atomic E-state index is 12.3. The van der Waals surface area contributed by atoms with Gasteiger partial charge >= 0.3 is 5.97 Å². The number of carbonyl (C=O) groups is 3. The van der Waals surface area contributed by atoms with Gasteiger partial charge in [-0.25, -0.2) is 0 Å². The molecule has 2 aromatic rings. The Balaban J connectivity index is 1.89. The fraction of sp³-hybridized carbons (Fsp3) is 0.214. The topological polar surface area (TPSA) is 60.4 Å². The molecule has 0 aromatic carbocycles. The summed E-state index contributed by atoms with van der Waals surface area (Å²) >= 11 is 2.61. The summed E-state index contributed by atoms with van der Waals surface area (Å²) in [6.45, 7) is 1.61. The van der Waals surface area contributed by atoms with E-state index < -0.39 is 0 Å². The molecule has 102 valence electrons. The molecule has 0 saturated carbocycles. The first-order chi connectivity index (χ1) is 9.58. The summed E-state index contributed by atoms with van der Waals surface area (Å²) in [5.74, 6) is -0.500. The SMILES string of the molecule is CC(=O)OCCc1cc2c(s1)C(=O)c1sccc1C2=O. The molecule has 20 heavy (non-hydrogen) atoms. The van der Waals surface area contributed by atoms with Gasteiger partial charge in [0.15, 0.2) is 5.78 Å². The second-order valence-corrected chi connectivity index (χ2v) is 6.42. The van der Waals surface area contributed by atoms with Gasteiger partial charge in [0.05, 0.1) is 16.4 Å². The van der Waals surface area contributed by atoms with Crippen LogP contribution >= 0.6 is 22.7 Å². The summed E-state index contributed by atoms with van der Waals surface area (Å²) in [7, 11) is 0. The Hall–Kier alpha value is -1.79.